The van der Waals surface area contributed by atoms with Gasteiger partial charge in [0, 0.05) is 12.8 Å². The number of carboxylic acids is 1. The van der Waals surface area contributed by atoms with Gasteiger partial charge in [-0.2, -0.15) is 0 Å². The van der Waals surface area contributed by atoms with Gasteiger partial charge in [0.15, 0.2) is 0 Å². The van der Waals surface area contributed by atoms with Crippen molar-refractivity contribution in [3.05, 3.63) is 36.5 Å². The maximum Gasteiger partial charge on any atom is 0.306 e. The topological polar surface area (TPSA) is 63.6 Å². The molecule has 1 atom stereocenters. The van der Waals surface area contributed by atoms with Crippen molar-refractivity contribution in [1.29, 1.82) is 0 Å². The van der Waals surface area contributed by atoms with Crippen molar-refractivity contribution >= 4 is 11.9 Å². The molecule has 0 aromatic carbocycles. The van der Waals surface area contributed by atoms with Crippen molar-refractivity contribution in [1.82, 2.24) is 0 Å². The fourth-order valence-corrected chi connectivity index (χ4v) is 3.08. The lowest BCUT2D eigenvalue weighted by molar-refractivity contribution is -0.147. The molecule has 0 bridgehead atoms. The van der Waals surface area contributed by atoms with Gasteiger partial charge in [-0.1, -0.05) is 76.3 Å². The van der Waals surface area contributed by atoms with E-state index in [1.54, 1.807) is 0 Å². The largest absolute Gasteiger partial charge is 0.481 e. The molecular weight excluding hydrogens is 376 g/mol. The second-order valence-electron chi connectivity index (χ2n) is 7.82. The van der Waals surface area contributed by atoms with Crippen LogP contribution in [-0.4, -0.2) is 23.1 Å². The standard InChI is InChI=1S/C26H44O4/c1-3-5-6-7-8-9-10-11-12-14-17-21-24(30-26(29)20-4-2)22-18-15-13-16-19-23-25(27)28/h8-9,11-12,17,21,24H,3-7,10,13-16,18-20,22-23H2,1-2H3,(H,27,28)/b9-8-,12-11-,21-17-. The summed E-state index contributed by atoms with van der Waals surface area (Å²) in [5.41, 5.74) is 0. The van der Waals surface area contributed by atoms with Crippen molar-refractivity contribution in [2.75, 3.05) is 0 Å². The van der Waals surface area contributed by atoms with E-state index < -0.39 is 5.97 Å². The predicted octanol–water partition coefficient (Wildman–Crippen LogP) is 7.54. The zero-order valence-corrected chi connectivity index (χ0v) is 19.3. The number of hydrogen-bond acceptors (Lipinski definition) is 3. The molecule has 0 heterocycles. The third-order valence-electron chi connectivity index (χ3n) is 4.82. The van der Waals surface area contributed by atoms with Gasteiger partial charge >= 0.3 is 11.9 Å². The molecule has 0 amide bonds. The Morgan fingerprint density at radius 2 is 1.43 bits per heavy atom. The van der Waals surface area contributed by atoms with Gasteiger partial charge in [-0.05, 0) is 57.4 Å². The Morgan fingerprint density at radius 3 is 2.13 bits per heavy atom. The van der Waals surface area contributed by atoms with Crippen LogP contribution in [0.1, 0.15) is 110 Å². The number of carbonyl (C=O) groups excluding carboxylic acids is 1. The first-order chi connectivity index (χ1) is 14.6. The lowest BCUT2D eigenvalue weighted by atomic mass is 10.1. The lowest BCUT2D eigenvalue weighted by Gasteiger charge is -2.14. The third-order valence-corrected chi connectivity index (χ3v) is 4.82. The Hall–Kier alpha value is -1.84. The smallest absolute Gasteiger partial charge is 0.306 e. The molecule has 4 heteroatoms. The molecule has 0 aliphatic rings. The zero-order valence-electron chi connectivity index (χ0n) is 19.3. The van der Waals surface area contributed by atoms with Gasteiger partial charge in [0.05, 0.1) is 0 Å². The minimum absolute atomic E-state index is 0.127. The highest BCUT2D eigenvalue weighted by Gasteiger charge is 2.10. The van der Waals surface area contributed by atoms with Crippen LogP contribution < -0.4 is 0 Å². The summed E-state index contributed by atoms with van der Waals surface area (Å²) in [5.74, 6) is -0.850. The molecule has 0 spiro atoms. The van der Waals surface area contributed by atoms with Crippen molar-refractivity contribution in [3.8, 4) is 0 Å². The summed E-state index contributed by atoms with van der Waals surface area (Å²) < 4.78 is 5.60. The van der Waals surface area contributed by atoms with Crippen LogP contribution in [-0.2, 0) is 14.3 Å². The first-order valence-electron chi connectivity index (χ1n) is 12.0. The maximum absolute atomic E-state index is 11.9. The minimum atomic E-state index is -0.722. The van der Waals surface area contributed by atoms with E-state index in [1.807, 2.05) is 13.0 Å². The molecule has 0 aliphatic heterocycles. The monoisotopic (exact) mass is 420 g/mol. The van der Waals surface area contributed by atoms with Crippen molar-refractivity contribution in [2.24, 2.45) is 0 Å². The van der Waals surface area contributed by atoms with Crippen LogP contribution >= 0.6 is 0 Å². The second kappa shape index (κ2) is 21.9. The van der Waals surface area contributed by atoms with E-state index in [4.69, 9.17) is 9.84 Å². The Kier molecular flexibility index (Phi) is 20.5. The van der Waals surface area contributed by atoms with E-state index in [2.05, 4.69) is 37.3 Å². The van der Waals surface area contributed by atoms with E-state index >= 15 is 0 Å². The number of hydrogen-bond donors (Lipinski definition) is 1. The van der Waals surface area contributed by atoms with Gasteiger partial charge in [0.1, 0.15) is 6.10 Å². The number of allylic oxidation sites excluding steroid dienone is 5. The van der Waals surface area contributed by atoms with Gasteiger partial charge in [0.2, 0.25) is 0 Å². The highest BCUT2D eigenvalue weighted by atomic mass is 16.5. The van der Waals surface area contributed by atoms with Crippen LogP contribution in [0.2, 0.25) is 0 Å². The fraction of sp³-hybridized carbons (Fsp3) is 0.692. The molecule has 0 aromatic rings. The summed E-state index contributed by atoms with van der Waals surface area (Å²) in [6.07, 6.45) is 26.7. The minimum Gasteiger partial charge on any atom is -0.481 e. The van der Waals surface area contributed by atoms with Crippen LogP contribution in [0, 0.1) is 0 Å². The molecule has 1 N–H and O–H groups in total. The quantitative estimate of drug-likeness (QED) is 0.125. The number of aliphatic carboxylic acids is 1. The number of carbonyl (C=O) groups is 2. The molecule has 0 fully saturated rings. The summed E-state index contributed by atoms with van der Waals surface area (Å²) >= 11 is 0. The van der Waals surface area contributed by atoms with Gasteiger partial charge in [0.25, 0.3) is 0 Å². The van der Waals surface area contributed by atoms with E-state index in [9.17, 15) is 9.59 Å². The molecule has 0 saturated carbocycles. The highest BCUT2D eigenvalue weighted by Crippen LogP contribution is 2.13. The van der Waals surface area contributed by atoms with Gasteiger partial charge in [-0.3, -0.25) is 9.59 Å². The average molecular weight is 421 g/mol. The lowest BCUT2D eigenvalue weighted by Crippen LogP contribution is -2.15. The van der Waals surface area contributed by atoms with Gasteiger partial charge in [-0.15, -0.1) is 0 Å². The van der Waals surface area contributed by atoms with E-state index in [1.165, 1.54) is 25.7 Å². The fourth-order valence-electron chi connectivity index (χ4n) is 3.08. The summed E-state index contributed by atoms with van der Waals surface area (Å²) in [7, 11) is 0. The average Bonchev–Trinajstić information content (AvgIpc) is 2.71. The third kappa shape index (κ3) is 20.9. The van der Waals surface area contributed by atoms with Crippen molar-refractivity contribution < 1.29 is 19.4 Å². The zero-order chi connectivity index (χ0) is 22.3. The molecule has 0 aliphatic carbocycles. The van der Waals surface area contributed by atoms with E-state index in [0.29, 0.717) is 6.42 Å². The second-order valence-corrected chi connectivity index (χ2v) is 7.82. The molecule has 0 aromatic heterocycles. The number of unbranched alkanes of at least 4 members (excludes halogenated alkanes) is 7. The maximum atomic E-state index is 11.9. The Bertz CT molecular complexity index is 505. The Labute approximate surface area is 184 Å². The molecule has 1 unspecified atom stereocenters. The Morgan fingerprint density at radius 1 is 0.767 bits per heavy atom. The van der Waals surface area contributed by atoms with E-state index in [-0.39, 0.29) is 18.5 Å². The molecule has 4 nitrogen and oxygen atoms in total. The van der Waals surface area contributed by atoms with E-state index in [0.717, 1.165) is 57.8 Å². The Balaban J connectivity index is 4.13. The summed E-state index contributed by atoms with van der Waals surface area (Å²) in [4.78, 5) is 22.4. The van der Waals surface area contributed by atoms with Crippen LogP contribution in [0.5, 0.6) is 0 Å². The number of esters is 1. The van der Waals surface area contributed by atoms with Gasteiger partial charge < -0.3 is 9.84 Å². The first-order valence-corrected chi connectivity index (χ1v) is 12.0. The van der Waals surface area contributed by atoms with Crippen LogP contribution in [0.15, 0.2) is 36.5 Å². The number of carboxylic acid groups (broad SMARTS) is 1. The van der Waals surface area contributed by atoms with Crippen LogP contribution in [0.25, 0.3) is 0 Å². The van der Waals surface area contributed by atoms with Crippen LogP contribution in [0.4, 0.5) is 0 Å². The summed E-state index contributed by atoms with van der Waals surface area (Å²) in [5, 5.41) is 8.66. The molecule has 0 radical (unpaired) electrons. The number of rotatable bonds is 20. The normalized spacial score (nSPS) is 12.9. The van der Waals surface area contributed by atoms with Crippen LogP contribution in [0.3, 0.4) is 0 Å². The van der Waals surface area contributed by atoms with Gasteiger partial charge in [-0.25, -0.2) is 0 Å². The molecule has 0 saturated heterocycles. The van der Waals surface area contributed by atoms with Crippen molar-refractivity contribution in [2.45, 2.75) is 116 Å². The summed E-state index contributed by atoms with van der Waals surface area (Å²) in [6, 6.07) is 0. The molecule has 0 rings (SSSR count). The molecule has 172 valence electrons. The SMILES string of the molecule is CCCCC/C=C\C/C=C\C/C=C\C(CCCCCCCC(=O)O)OC(=O)CCC. The van der Waals surface area contributed by atoms with Crippen molar-refractivity contribution in [3.63, 3.8) is 0 Å². The molecular formula is C26H44O4. The summed E-state index contributed by atoms with van der Waals surface area (Å²) in [6.45, 7) is 4.20. The highest BCUT2D eigenvalue weighted by molar-refractivity contribution is 5.69. The molecule has 30 heavy (non-hydrogen) atoms. The first kappa shape index (κ1) is 28.2. The predicted molar refractivity (Wildman–Crippen MR) is 126 cm³/mol. The number of ether oxygens (including phenoxy) is 1.